The van der Waals surface area contributed by atoms with E-state index in [9.17, 15) is 4.79 Å². The van der Waals surface area contributed by atoms with E-state index in [0.29, 0.717) is 5.78 Å². The Kier molecular flexibility index (Phi) is 4.51. The highest BCUT2D eigenvalue weighted by molar-refractivity contribution is 5.97. The molecule has 1 saturated carbocycles. The van der Waals surface area contributed by atoms with Crippen LogP contribution in [0.25, 0.3) is 0 Å². The molecule has 1 aliphatic carbocycles. The molecule has 1 aromatic carbocycles. The zero-order valence-electron chi connectivity index (χ0n) is 12.2. The first-order chi connectivity index (χ1) is 9.84. The summed E-state index contributed by atoms with van der Waals surface area (Å²) in [5, 5.41) is 3.32. The van der Waals surface area contributed by atoms with Crippen molar-refractivity contribution in [1.82, 2.24) is 5.32 Å². The third-order valence-corrected chi connectivity index (χ3v) is 4.98. The van der Waals surface area contributed by atoms with Crippen LogP contribution in [0.4, 0.5) is 0 Å². The van der Waals surface area contributed by atoms with Crippen LogP contribution in [0.3, 0.4) is 0 Å². The Morgan fingerprint density at radius 2 is 1.55 bits per heavy atom. The molecule has 2 fully saturated rings. The van der Waals surface area contributed by atoms with Gasteiger partial charge in [0, 0.05) is 11.5 Å². The molecule has 1 aliphatic heterocycles. The largest absolute Gasteiger partial charge is 0.317 e. The molecule has 1 N–H and O–H groups in total. The Hall–Kier alpha value is -1.15. The molecule has 1 saturated heterocycles. The molecule has 1 aromatic rings. The maximum absolute atomic E-state index is 12.5. The van der Waals surface area contributed by atoms with Gasteiger partial charge in [0.25, 0.3) is 0 Å². The molecule has 2 nitrogen and oxygen atoms in total. The quantitative estimate of drug-likeness (QED) is 0.844. The fourth-order valence-corrected chi connectivity index (χ4v) is 3.68. The van der Waals surface area contributed by atoms with Crippen molar-refractivity contribution in [2.75, 3.05) is 13.1 Å². The Bertz CT molecular complexity index is 439. The van der Waals surface area contributed by atoms with Gasteiger partial charge in [0.05, 0.1) is 0 Å². The molecule has 20 heavy (non-hydrogen) atoms. The zero-order valence-corrected chi connectivity index (χ0v) is 12.2. The van der Waals surface area contributed by atoms with Crippen LogP contribution in [0.5, 0.6) is 0 Å². The van der Waals surface area contributed by atoms with E-state index >= 15 is 0 Å². The number of nitrogens with one attached hydrogen (secondary N) is 1. The van der Waals surface area contributed by atoms with Gasteiger partial charge in [0.1, 0.15) is 0 Å². The summed E-state index contributed by atoms with van der Waals surface area (Å²) in [6, 6.07) is 8.53. The molecule has 0 amide bonds. The second-order valence-electron chi connectivity index (χ2n) is 6.35. The number of Topliss-reactive ketones (excluding diaryl/α,β-unsaturated/α-hetero) is 1. The monoisotopic (exact) mass is 271 g/mol. The fourth-order valence-electron chi connectivity index (χ4n) is 3.68. The summed E-state index contributed by atoms with van der Waals surface area (Å²) in [6.07, 6.45) is 8.74. The summed E-state index contributed by atoms with van der Waals surface area (Å²) >= 11 is 0. The molecule has 0 unspecified atom stereocenters. The third-order valence-electron chi connectivity index (χ3n) is 4.98. The number of piperidine rings is 1. The number of hydrogen-bond donors (Lipinski definition) is 1. The van der Waals surface area contributed by atoms with E-state index in [4.69, 9.17) is 0 Å². The lowest BCUT2D eigenvalue weighted by Crippen LogP contribution is -2.31. The van der Waals surface area contributed by atoms with Crippen molar-refractivity contribution in [2.45, 2.75) is 50.9 Å². The first-order valence-corrected chi connectivity index (χ1v) is 8.19. The first kappa shape index (κ1) is 13.8. The predicted octanol–water partition coefficient (Wildman–Crippen LogP) is 3.92. The second kappa shape index (κ2) is 6.53. The van der Waals surface area contributed by atoms with Crippen LogP contribution in [-0.4, -0.2) is 18.9 Å². The van der Waals surface area contributed by atoms with Gasteiger partial charge in [-0.05, 0) is 50.3 Å². The highest BCUT2D eigenvalue weighted by Gasteiger charge is 2.22. The fraction of sp³-hybridized carbons (Fsp3) is 0.611. The van der Waals surface area contributed by atoms with Gasteiger partial charge in [-0.15, -0.1) is 0 Å². The summed E-state index contributed by atoms with van der Waals surface area (Å²) in [6.45, 7) is 1.97. The molecule has 0 bridgehead atoms. The summed E-state index contributed by atoms with van der Waals surface area (Å²) in [4.78, 5) is 12.5. The summed E-state index contributed by atoms with van der Waals surface area (Å²) < 4.78 is 0. The van der Waals surface area contributed by atoms with E-state index in [1.54, 1.807) is 0 Å². The molecule has 0 atom stereocenters. The number of benzene rings is 1. The highest BCUT2D eigenvalue weighted by atomic mass is 16.1. The average molecular weight is 271 g/mol. The van der Waals surface area contributed by atoms with E-state index in [0.717, 1.165) is 37.4 Å². The standard InChI is InChI=1S/C18H25NO/c20-18(17-10-12-19-13-11-17)16-8-6-15(7-9-16)14-4-2-1-3-5-14/h6-9,14,17,19H,1-5,10-13H2. The normalized spacial score (nSPS) is 21.8. The molecule has 1 heterocycles. The molecule has 0 spiro atoms. The zero-order chi connectivity index (χ0) is 13.8. The Labute approximate surface area is 122 Å². The van der Waals surface area contributed by atoms with E-state index in [1.807, 2.05) is 0 Å². The maximum Gasteiger partial charge on any atom is 0.166 e. The minimum absolute atomic E-state index is 0.233. The van der Waals surface area contributed by atoms with Crippen molar-refractivity contribution in [3.63, 3.8) is 0 Å². The van der Waals surface area contributed by atoms with Crippen LogP contribution in [0.15, 0.2) is 24.3 Å². The van der Waals surface area contributed by atoms with E-state index in [-0.39, 0.29) is 5.92 Å². The van der Waals surface area contributed by atoms with Crippen molar-refractivity contribution in [3.8, 4) is 0 Å². The molecule has 3 rings (SSSR count). The number of carbonyl (C=O) groups is 1. The lowest BCUT2D eigenvalue weighted by Gasteiger charge is -2.23. The Morgan fingerprint density at radius 3 is 2.20 bits per heavy atom. The van der Waals surface area contributed by atoms with Gasteiger partial charge in [-0.2, -0.15) is 0 Å². The van der Waals surface area contributed by atoms with Crippen molar-refractivity contribution < 1.29 is 4.79 Å². The van der Waals surface area contributed by atoms with Crippen LogP contribution in [0.2, 0.25) is 0 Å². The van der Waals surface area contributed by atoms with Crippen molar-refractivity contribution >= 4 is 5.78 Å². The summed E-state index contributed by atoms with van der Waals surface area (Å²) in [7, 11) is 0. The minimum atomic E-state index is 0.233. The molecule has 0 radical (unpaired) electrons. The van der Waals surface area contributed by atoms with Crippen LogP contribution >= 0.6 is 0 Å². The van der Waals surface area contributed by atoms with Crippen LogP contribution in [-0.2, 0) is 0 Å². The number of ketones is 1. The highest BCUT2D eigenvalue weighted by Crippen LogP contribution is 2.32. The second-order valence-corrected chi connectivity index (χ2v) is 6.35. The number of rotatable bonds is 3. The van der Waals surface area contributed by atoms with Gasteiger partial charge in [-0.25, -0.2) is 0 Å². The smallest absolute Gasteiger partial charge is 0.166 e. The molecular weight excluding hydrogens is 246 g/mol. The molecule has 2 aliphatic rings. The van der Waals surface area contributed by atoms with Crippen molar-refractivity contribution in [3.05, 3.63) is 35.4 Å². The summed E-state index contributed by atoms with van der Waals surface area (Å²) in [5.41, 5.74) is 2.35. The third kappa shape index (κ3) is 3.12. The molecule has 108 valence electrons. The Morgan fingerprint density at radius 1 is 0.900 bits per heavy atom. The lowest BCUT2D eigenvalue weighted by molar-refractivity contribution is 0.0895. The molecule has 2 heteroatoms. The SMILES string of the molecule is O=C(c1ccc(C2CCCCC2)cc1)C1CCNCC1. The maximum atomic E-state index is 12.5. The Balaban J connectivity index is 1.67. The van der Waals surface area contributed by atoms with E-state index < -0.39 is 0 Å². The minimum Gasteiger partial charge on any atom is -0.317 e. The van der Waals surface area contributed by atoms with Gasteiger partial charge >= 0.3 is 0 Å². The van der Waals surface area contributed by atoms with Crippen LogP contribution in [0.1, 0.15) is 66.8 Å². The number of hydrogen-bond acceptors (Lipinski definition) is 2. The number of carbonyl (C=O) groups excluding carboxylic acids is 1. The van der Waals surface area contributed by atoms with Crippen LogP contribution in [0, 0.1) is 5.92 Å². The molecule has 0 aromatic heterocycles. The first-order valence-electron chi connectivity index (χ1n) is 8.19. The van der Waals surface area contributed by atoms with E-state index in [1.165, 1.54) is 37.7 Å². The summed E-state index contributed by atoms with van der Waals surface area (Å²) in [5.74, 6) is 1.31. The van der Waals surface area contributed by atoms with Crippen molar-refractivity contribution in [2.24, 2.45) is 5.92 Å². The lowest BCUT2D eigenvalue weighted by atomic mass is 9.83. The predicted molar refractivity (Wildman–Crippen MR) is 82.2 cm³/mol. The van der Waals surface area contributed by atoms with Gasteiger partial charge in [-0.3, -0.25) is 4.79 Å². The van der Waals surface area contributed by atoms with Gasteiger partial charge < -0.3 is 5.32 Å². The van der Waals surface area contributed by atoms with Gasteiger partial charge in [0.15, 0.2) is 5.78 Å². The van der Waals surface area contributed by atoms with Crippen LogP contribution < -0.4 is 5.32 Å². The van der Waals surface area contributed by atoms with E-state index in [2.05, 4.69) is 29.6 Å². The molecular formula is C18H25NO. The van der Waals surface area contributed by atoms with Gasteiger partial charge in [0.2, 0.25) is 0 Å². The van der Waals surface area contributed by atoms with Gasteiger partial charge in [-0.1, -0.05) is 43.5 Å². The van der Waals surface area contributed by atoms with Crippen molar-refractivity contribution in [1.29, 1.82) is 0 Å². The average Bonchev–Trinajstić information content (AvgIpc) is 2.56. The topological polar surface area (TPSA) is 29.1 Å².